The Morgan fingerprint density at radius 2 is 1.53 bits per heavy atom. The summed E-state index contributed by atoms with van der Waals surface area (Å²) in [4.78, 5) is 26.7. The van der Waals surface area contributed by atoms with Gasteiger partial charge in [0.05, 0.1) is 5.56 Å². The number of nitrogens with one attached hydrogen (secondary N) is 1. The molecule has 1 fully saturated rings. The van der Waals surface area contributed by atoms with Gasteiger partial charge in [0.1, 0.15) is 0 Å². The van der Waals surface area contributed by atoms with Gasteiger partial charge in [0.2, 0.25) is 0 Å². The fourth-order valence-corrected chi connectivity index (χ4v) is 3.49. The third kappa shape index (κ3) is 4.66. The van der Waals surface area contributed by atoms with Crippen LogP contribution in [0.4, 0.5) is 13.2 Å². The summed E-state index contributed by atoms with van der Waals surface area (Å²) in [7, 11) is 0. The lowest BCUT2D eigenvalue weighted by Gasteiger charge is -2.32. The summed E-state index contributed by atoms with van der Waals surface area (Å²) in [6.07, 6.45) is 0.978. The van der Waals surface area contributed by atoms with Gasteiger partial charge < -0.3 is 10.2 Å². The highest BCUT2D eigenvalue weighted by atomic mass is 19.2. The van der Waals surface area contributed by atoms with Crippen molar-refractivity contribution in [3.05, 3.63) is 70.5 Å². The quantitative estimate of drug-likeness (QED) is 0.750. The zero-order valence-corrected chi connectivity index (χ0v) is 17.3. The molecule has 0 unspecified atom stereocenters. The maximum absolute atomic E-state index is 13.8. The van der Waals surface area contributed by atoms with Gasteiger partial charge in [-0.3, -0.25) is 9.59 Å². The molecule has 2 aromatic rings. The predicted molar refractivity (Wildman–Crippen MR) is 108 cm³/mol. The van der Waals surface area contributed by atoms with Crippen molar-refractivity contribution in [2.45, 2.75) is 45.1 Å². The Labute approximate surface area is 174 Å². The van der Waals surface area contributed by atoms with E-state index in [1.165, 1.54) is 0 Å². The van der Waals surface area contributed by atoms with Gasteiger partial charge in [-0.05, 0) is 48.1 Å². The first kappa shape index (κ1) is 21.9. The molecule has 0 bridgehead atoms. The van der Waals surface area contributed by atoms with Crippen LogP contribution in [0.2, 0.25) is 0 Å². The lowest BCUT2D eigenvalue weighted by Crippen LogP contribution is -2.46. The van der Waals surface area contributed by atoms with Crippen LogP contribution in [0.25, 0.3) is 0 Å². The molecule has 1 heterocycles. The predicted octanol–water partition coefficient (Wildman–Crippen LogP) is 4.44. The molecule has 1 saturated heterocycles. The van der Waals surface area contributed by atoms with E-state index >= 15 is 0 Å². The molecule has 1 N–H and O–H groups in total. The molecule has 4 nitrogen and oxygen atoms in total. The number of hydrogen-bond donors (Lipinski definition) is 1. The summed E-state index contributed by atoms with van der Waals surface area (Å²) in [6, 6.07) is 8.92. The van der Waals surface area contributed by atoms with Crippen molar-refractivity contribution in [3.8, 4) is 0 Å². The average Bonchev–Trinajstić information content (AvgIpc) is 2.71. The van der Waals surface area contributed by atoms with Gasteiger partial charge in [0.25, 0.3) is 11.8 Å². The van der Waals surface area contributed by atoms with Gasteiger partial charge in [-0.2, -0.15) is 0 Å². The number of amides is 2. The lowest BCUT2D eigenvalue weighted by molar-refractivity contribution is 0.0697. The monoisotopic (exact) mass is 418 g/mol. The fraction of sp³-hybridized carbons (Fsp3) is 0.391. The van der Waals surface area contributed by atoms with E-state index in [9.17, 15) is 22.8 Å². The molecule has 7 heteroatoms. The van der Waals surface area contributed by atoms with Crippen LogP contribution in [0, 0.1) is 17.5 Å². The van der Waals surface area contributed by atoms with Gasteiger partial charge in [-0.15, -0.1) is 0 Å². The standard InChI is InChI=1S/C23H25F3N2O2/c1-23(2,3)15-6-4-14(5-7-15)22(30)28-12-10-16(11-13-28)27-21(29)17-8-9-18(24)20(26)19(17)25/h4-9,16H,10-13H2,1-3H3,(H,27,29). The topological polar surface area (TPSA) is 49.4 Å². The zero-order chi connectivity index (χ0) is 22.1. The summed E-state index contributed by atoms with van der Waals surface area (Å²) in [6.45, 7) is 7.19. The van der Waals surface area contributed by atoms with Crippen molar-refractivity contribution in [1.29, 1.82) is 0 Å². The molecule has 1 aliphatic heterocycles. The number of halogens is 3. The van der Waals surface area contributed by atoms with E-state index in [2.05, 4.69) is 26.1 Å². The van der Waals surface area contributed by atoms with Gasteiger partial charge in [0.15, 0.2) is 17.5 Å². The Morgan fingerprint density at radius 1 is 0.933 bits per heavy atom. The van der Waals surface area contributed by atoms with Crippen molar-refractivity contribution in [3.63, 3.8) is 0 Å². The van der Waals surface area contributed by atoms with Crippen molar-refractivity contribution in [1.82, 2.24) is 10.2 Å². The largest absolute Gasteiger partial charge is 0.349 e. The first-order valence-electron chi connectivity index (χ1n) is 9.92. The number of hydrogen-bond acceptors (Lipinski definition) is 2. The molecule has 0 radical (unpaired) electrons. The van der Waals surface area contributed by atoms with Gasteiger partial charge in [-0.25, -0.2) is 13.2 Å². The second kappa shape index (κ2) is 8.50. The van der Waals surface area contributed by atoms with Crippen LogP contribution in [0.5, 0.6) is 0 Å². The second-order valence-corrected chi connectivity index (χ2v) is 8.59. The summed E-state index contributed by atoms with van der Waals surface area (Å²) in [5.74, 6) is -5.38. The van der Waals surface area contributed by atoms with E-state index in [-0.39, 0.29) is 17.4 Å². The van der Waals surface area contributed by atoms with E-state index in [4.69, 9.17) is 0 Å². The normalized spacial score (nSPS) is 15.2. The van der Waals surface area contributed by atoms with Crippen LogP contribution in [0.1, 0.15) is 59.9 Å². The van der Waals surface area contributed by atoms with Crippen molar-refractivity contribution < 1.29 is 22.8 Å². The molecule has 0 spiro atoms. The Hall–Kier alpha value is -2.83. The molecule has 2 amide bonds. The minimum atomic E-state index is -1.67. The Morgan fingerprint density at radius 3 is 2.10 bits per heavy atom. The number of piperidine rings is 1. The van der Waals surface area contributed by atoms with E-state index in [0.717, 1.165) is 17.7 Å². The summed E-state index contributed by atoms with van der Waals surface area (Å²) < 4.78 is 40.2. The number of nitrogens with zero attached hydrogens (tertiary/aromatic N) is 1. The molecule has 0 aliphatic carbocycles. The van der Waals surface area contributed by atoms with E-state index < -0.39 is 28.9 Å². The van der Waals surface area contributed by atoms with Crippen LogP contribution >= 0.6 is 0 Å². The third-order valence-electron chi connectivity index (χ3n) is 5.40. The molecule has 2 aromatic carbocycles. The summed E-state index contributed by atoms with van der Waals surface area (Å²) >= 11 is 0. The number of likely N-dealkylation sites (tertiary alicyclic amines) is 1. The van der Waals surface area contributed by atoms with Crippen molar-refractivity contribution in [2.75, 3.05) is 13.1 Å². The SMILES string of the molecule is CC(C)(C)c1ccc(C(=O)N2CCC(NC(=O)c3ccc(F)c(F)c3F)CC2)cc1. The van der Waals surface area contributed by atoms with E-state index in [1.807, 2.05) is 24.3 Å². The Balaban J connectivity index is 1.57. The molecule has 160 valence electrons. The first-order valence-corrected chi connectivity index (χ1v) is 9.92. The van der Waals surface area contributed by atoms with Crippen molar-refractivity contribution >= 4 is 11.8 Å². The van der Waals surface area contributed by atoms with Crippen LogP contribution in [-0.2, 0) is 5.41 Å². The highest BCUT2D eigenvalue weighted by molar-refractivity contribution is 5.95. The zero-order valence-electron chi connectivity index (χ0n) is 17.3. The maximum atomic E-state index is 13.8. The van der Waals surface area contributed by atoms with Crippen LogP contribution in [0.3, 0.4) is 0 Å². The maximum Gasteiger partial charge on any atom is 0.254 e. The summed E-state index contributed by atoms with van der Waals surface area (Å²) in [5, 5.41) is 2.64. The van der Waals surface area contributed by atoms with E-state index in [0.29, 0.717) is 31.5 Å². The van der Waals surface area contributed by atoms with Crippen LogP contribution in [-0.4, -0.2) is 35.8 Å². The molecular formula is C23H25F3N2O2. The highest BCUT2D eigenvalue weighted by Gasteiger charge is 2.27. The molecule has 1 aliphatic rings. The Bertz CT molecular complexity index is 944. The molecule has 0 atom stereocenters. The van der Waals surface area contributed by atoms with Crippen LogP contribution in [0.15, 0.2) is 36.4 Å². The van der Waals surface area contributed by atoms with Gasteiger partial charge >= 0.3 is 0 Å². The molecule has 0 saturated carbocycles. The fourth-order valence-electron chi connectivity index (χ4n) is 3.49. The lowest BCUT2D eigenvalue weighted by atomic mass is 9.86. The molecule has 30 heavy (non-hydrogen) atoms. The van der Waals surface area contributed by atoms with Crippen molar-refractivity contribution in [2.24, 2.45) is 0 Å². The third-order valence-corrected chi connectivity index (χ3v) is 5.40. The number of benzene rings is 2. The smallest absolute Gasteiger partial charge is 0.254 e. The minimum Gasteiger partial charge on any atom is -0.349 e. The molecule has 0 aromatic heterocycles. The minimum absolute atomic E-state index is 0.00500. The first-order chi connectivity index (χ1) is 14.1. The van der Waals surface area contributed by atoms with Gasteiger partial charge in [0, 0.05) is 24.7 Å². The second-order valence-electron chi connectivity index (χ2n) is 8.59. The average molecular weight is 418 g/mol. The summed E-state index contributed by atoms with van der Waals surface area (Å²) in [5.41, 5.74) is 1.22. The molecular weight excluding hydrogens is 393 g/mol. The van der Waals surface area contributed by atoms with Gasteiger partial charge in [-0.1, -0.05) is 32.9 Å². The van der Waals surface area contributed by atoms with E-state index in [1.54, 1.807) is 4.90 Å². The van der Waals surface area contributed by atoms with Crippen LogP contribution < -0.4 is 5.32 Å². The molecule has 3 rings (SSSR count). The number of rotatable bonds is 3. The highest BCUT2D eigenvalue weighted by Crippen LogP contribution is 2.23. The Kier molecular flexibility index (Phi) is 6.19. The number of carbonyl (C=O) groups excluding carboxylic acids is 2. The number of carbonyl (C=O) groups is 2.